The zero-order valence-electron chi connectivity index (χ0n) is 12.3. The fourth-order valence-corrected chi connectivity index (χ4v) is 1.99. The van der Waals surface area contributed by atoms with Crippen LogP contribution in [0.3, 0.4) is 0 Å². The van der Waals surface area contributed by atoms with Crippen molar-refractivity contribution < 1.29 is 5.11 Å². The number of rotatable bonds is 6. The Balaban J connectivity index is 2.64. The SMILES string of the molecule is CCC(C)N(CC)Cc1ccc(C#CCCO)cc1. The standard InChI is InChI=1S/C17H25NO/c1-4-15(3)18(5-2)14-17-11-9-16(10-12-17)8-6-7-13-19/h9-12,15,19H,4-5,7,13-14H2,1-3H3. The second kappa shape index (κ2) is 8.74. The maximum absolute atomic E-state index is 8.68. The summed E-state index contributed by atoms with van der Waals surface area (Å²) in [6, 6.07) is 9.03. The number of aliphatic hydroxyl groups excluding tert-OH is 1. The van der Waals surface area contributed by atoms with Gasteiger partial charge in [0.25, 0.3) is 0 Å². The summed E-state index contributed by atoms with van der Waals surface area (Å²) in [7, 11) is 0. The quantitative estimate of drug-likeness (QED) is 0.794. The number of benzene rings is 1. The third kappa shape index (κ3) is 5.46. The van der Waals surface area contributed by atoms with Crippen molar-refractivity contribution in [3.8, 4) is 11.8 Å². The van der Waals surface area contributed by atoms with Gasteiger partial charge in [0.05, 0.1) is 6.61 Å². The first-order valence-electron chi connectivity index (χ1n) is 7.14. The highest BCUT2D eigenvalue weighted by Crippen LogP contribution is 2.11. The van der Waals surface area contributed by atoms with Gasteiger partial charge < -0.3 is 5.11 Å². The lowest BCUT2D eigenvalue weighted by Crippen LogP contribution is -2.31. The number of hydrogen-bond acceptors (Lipinski definition) is 2. The van der Waals surface area contributed by atoms with Gasteiger partial charge in [-0.3, -0.25) is 4.90 Å². The summed E-state index contributed by atoms with van der Waals surface area (Å²) in [6.45, 7) is 8.92. The summed E-state index contributed by atoms with van der Waals surface area (Å²) < 4.78 is 0. The van der Waals surface area contributed by atoms with Crippen LogP contribution in [-0.4, -0.2) is 29.2 Å². The topological polar surface area (TPSA) is 23.5 Å². The summed E-state index contributed by atoms with van der Waals surface area (Å²) in [5.41, 5.74) is 2.35. The van der Waals surface area contributed by atoms with Gasteiger partial charge in [-0.15, -0.1) is 0 Å². The molecule has 1 atom stereocenters. The van der Waals surface area contributed by atoms with Gasteiger partial charge in [-0.1, -0.05) is 37.8 Å². The van der Waals surface area contributed by atoms with Crippen LogP contribution in [0.4, 0.5) is 0 Å². The van der Waals surface area contributed by atoms with Gasteiger partial charge in [-0.2, -0.15) is 0 Å². The Bertz CT molecular complexity index is 413. The molecule has 0 aliphatic heterocycles. The third-order valence-electron chi connectivity index (χ3n) is 3.43. The van der Waals surface area contributed by atoms with Gasteiger partial charge in [0, 0.05) is 24.6 Å². The minimum Gasteiger partial charge on any atom is -0.395 e. The van der Waals surface area contributed by atoms with E-state index in [-0.39, 0.29) is 6.61 Å². The molecule has 0 bridgehead atoms. The van der Waals surface area contributed by atoms with Crippen LogP contribution in [-0.2, 0) is 6.54 Å². The van der Waals surface area contributed by atoms with Gasteiger partial charge >= 0.3 is 0 Å². The van der Waals surface area contributed by atoms with Crippen molar-refractivity contribution in [1.29, 1.82) is 0 Å². The molecule has 0 saturated carbocycles. The molecule has 0 spiro atoms. The molecular formula is C17H25NO. The van der Waals surface area contributed by atoms with Crippen molar-refractivity contribution in [1.82, 2.24) is 4.90 Å². The van der Waals surface area contributed by atoms with Crippen LogP contribution in [0.15, 0.2) is 24.3 Å². The fraction of sp³-hybridized carbons (Fsp3) is 0.529. The summed E-state index contributed by atoms with van der Waals surface area (Å²) in [5, 5.41) is 8.68. The highest BCUT2D eigenvalue weighted by Gasteiger charge is 2.09. The second-order valence-electron chi connectivity index (χ2n) is 4.79. The van der Waals surface area contributed by atoms with Crippen molar-refractivity contribution >= 4 is 0 Å². The molecule has 0 aliphatic rings. The van der Waals surface area contributed by atoms with Crippen molar-refractivity contribution in [2.45, 2.75) is 46.2 Å². The molecule has 0 heterocycles. The Labute approximate surface area is 117 Å². The summed E-state index contributed by atoms with van der Waals surface area (Å²) in [6.07, 6.45) is 1.72. The summed E-state index contributed by atoms with van der Waals surface area (Å²) in [5.74, 6) is 5.99. The van der Waals surface area contributed by atoms with Gasteiger partial charge in [0.15, 0.2) is 0 Å². The highest BCUT2D eigenvalue weighted by molar-refractivity contribution is 5.36. The lowest BCUT2D eigenvalue weighted by Gasteiger charge is -2.26. The van der Waals surface area contributed by atoms with Crippen LogP contribution in [0, 0.1) is 11.8 Å². The summed E-state index contributed by atoms with van der Waals surface area (Å²) in [4.78, 5) is 2.48. The highest BCUT2D eigenvalue weighted by atomic mass is 16.2. The average Bonchev–Trinajstić information content (AvgIpc) is 2.45. The van der Waals surface area contributed by atoms with E-state index in [2.05, 4.69) is 61.8 Å². The van der Waals surface area contributed by atoms with Crippen LogP contribution < -0.4 is 0 Å². The molecule has 0 aliphatic carbocycles. The molecule has 1 N–H and O–H groups in total. The average molecular weight is 259 g/mol. The Morgan fingerprint density at radius 2 is 1.89 bits per heavy atom. The number of aliphatic hydroxyl groups is 1. The molecule has 104 valence electrons. The maximum atomic E-state index is 8.68. The molecule has 1 aromatic carbocycles. The fourth-order valence-electron chi connectivity index (χ4n) is 1.99. The lowest BCUT2D eigenvalue weighted by molar-refractivity contribution is 0.206. The van der Waals surface area contributed by atoms with Crippen LogP contribution in [0.1, 0.15) is 44.7 Å². The zero-order chi connectivity index (χ0) is 14.1. The molecule has 2 heteroatoms. The lowest BCUT2D eigenvalue weighted by atomic mass is 10.1. The predicted molar refractivity (Wildman–Crippen MR) is 80.9 cm³/mol. The number of hydrogen-bond donors (Lipinski definition) is 1. The Morgan fingerprint density at radius 1 is 1.21 bits per heavy atom. The Morgan fingerprint density at radius 3 is 2.42 bits per heavy atom. The third-order valence-corrected chi connectivity index (χ3v) is 3.43. The van der Waals surface area contributed by atoms with E-state index >= 15 is 0 Å². The minimum atomic E-state index is 0.130. The molecule has 1 rings (SSSR count). The molecule has 1 unspecified atom stereocenters. The van der Waals surface area contributed by atoms with Gasteiger partial charge in [0.2, 0.25) is 0 Å². The summed E-state index contributed by atoms with van der Waals surface area (Å²) >= 11 is 0. The van der Waals surface area contributed by atoms with Gasteiger partial charge in [0.1, 0.15) is 0 Å². The van der Waals surface area contributed by atoms with Crippen LogP contribution >= 0.6 is 0 Å². The van der Waals surface area contributed by atoms with Gasteiger partial charge in [-0.25, -0.2) is 0 Å². The Kier molecular flexibility index (Phi) is 7.25. The maximum Gasteiger partial charge on any atom is 0.0540 e. The van der Waals surface area contributed by atoms with E-state index in [0.717, 1.165) is 18.7 Å². The molecule has 0 saturated heterocycles. The zero-order valence-corrected chi connectivity index (χ0v) is 12.3. The predicted octanol–water partition coefficient (Wildman–Crippen LogP) is 3.04. The van der Waals surface area contributed by atoms with Crippen molar-refractivity contribution in [3.05, 3.63) is 35.4 Å². The number of nitrogens with zero attached hydrogens (tertiary/aromatic N) is 1. The molecule has 1 aromatic rings. The Hall–Kier alpha value is -1.30. The first kappa shape index (κ1) is 15.8. The van der Waals surface area contributed by atoms with E-state index in [1.165, 1.54) is 12.0 Å². The molecule has 19 heavy (non-hydrogen) atoms. The molecule has 2 nitrogen and oxygen atoms in total. The van der Waals surface area contributed by atoms with Crippen LogP contribution in [0.25, 0.3) is 0 Å². The van der Waals surface area contributed by atoms with E-state index in [0.29, 0.717) is 12.5 Å². The van der Waals surface area contributed by atoms with Crippen molar-refractivity contribution in [2.24, 2.45) is 0 Å². The first-order chi connectivity index (χ1) is 9.21. The first-order valence-corrected chi connectivity index (χ1v) is 7.14. The van der Waals surface area contributed by atoms with Crippen LogP contribution in [0.5, 0.6) is 0 Å². The molecule has 0 amide bonds. The van der Waals surface area contributed by atoms with E-state index in [1.54, 1.807) is 0 Å². The monoisotopic (exact) mass is 259 g/mol. The molecule has 0 radical (unpaired) electrons. The van der Waals surface area contributed by atoms with Crippen LogP contribution in [0.2, 0.25) is 0 Å². The van der Waals surface area contributed by atoms with E-state index < -0.39 is 0 Å². The smallest absolute Gasteiger partial charge is 0.0540 e. The second-order valence-corrected chi connectivity index (χ2v) is 4.79. The van der Waals surface area contributed by atoms with E-state index in [9.17, 15) is 0 Å². The molecule has 0 aromatic heterocycles. The normalized spacial score (nSPS) is 12.1. The van der Waals surface area contributed by atoms with Gasteiger partial charge in [-0.05, 0) is 37.6 Å². The van der Waals surface area contributed by atoms with E-state index in [4.69, 9.17) is 5.11 Å². The minimum absolute atomic E-state index is 0.130. The van der Waals surface area contributed by atoms with E-state index in [1.807, 2.05) is 0 Å². The molecule has 0 fully saturated rings. The molecular weight excluding hydrogens is 234 g/mol. The largest absolute Gasteiger partial charge is 0.395 e. The van der Waals surface area contributed by atoms with Crippen molar-refractivity contribution in [3.63, 3.8) is 0 Å². The van der Waals surface area contributed by atoms with Crippen molar-refractivity contribution in [2.75, 3.05) is 13.2 Å².